The van der Waals surface area contributed by atoms with Gasteiger partial charge in [-0.2, -0.15) is 0 Å². The van der Waals surface area contributed by atoms with Gasteiger partial charge in [0.25, 0.3) is 5.88 Å². The summed E-state index contributed by atoms with van der Waals surface area (Å²) in [7, 11) is 0. The van der Waals surface area contributed by atoms with E-state index in [9.17, 15) is 0 Å². The molecule has 0 fully saturated rings. The Morgan fingerprint density at radius 3 is 2.68 bits per heavy atom. The molecular formula is C13H9ClN4O. The molecule has 0 aliphatic heterocycles. The first-order chi connectivity index (χ1) is 9.25. The van der Waals surface area contributed by atoms with E-state index in [0.29, 0.717) is 16.3 Å². The molecule has 0 saturated carbocycles. The van der Waals surface area contributed by atoms with Crippen molar-refractivity contribution in [3.63, 3.8) is 0 Å². The Balaban J connectivity index is 2.12. The first-order valence-electron chi connectivity index (χ1n) is 5.53. The molecule has 0 unspecified atom stereocenters. The smallest absolute Gasteiger partial charge is 0.262 e. The molecule has 6 heteroatoms. The van der Waals surface area contributed by atoms with Crippen molar-refractivity contribution < 1.29 is 4.74 Å². The second kappa shape index (κ2) is 4.70. The molecule has 3 aromatic rings. The summed E-state index contributed by atoms with van der Waals surface area (Å²) in [5, 5.41) is 1.42. The third kappa shape index (κ3) is 2.15. The summed E-state index contributed by atoms with van der Waals surface area (Å²) in [6, 6.07) is 7.16. The molecule has 0 spiro atoms. The molecule has 0 bridgehead atoms. The topological polar surface area (TPSA) is 73.9 Å². The monoisotopic (exact) mass is 272 g/mol. The molecule has 0 aliphatic carbocycles. The minimum absolute atomic E-state index is 0.224. The van der Waals surface area contributed by atoms with E-state index in [0.717, 1.165) is 5.39 Å². The number of halogens is 1. The van der Waals surface area contributed by atoms with E-state index < -0.39 is 0 Å². The van der Waals surface area contributed by atoms with E-state index in [-0.39, 0.29) is 11.7 Å². The predicted molar refractivity (Wildman–Crippen MR) is 73.3 cm³/mol. The lowest BCUT2D eigenvalue weighted by atomic mass is 10.2. The maximum absolute atomic E-state index is 6.12. The Morgan fingerprint density at radius 2 is 1.84 bits per heavy atom. The molecule has 5 nitrogen and oxygen atoms in total. The summed E-state index contributed by atoms with van der Waals surface area (Å²) in [4.78, 5) is 12.2. The molecule has 2 aromatic heterocycles. The van der Waals surface area contributed by atoms with Crippen molar-refractivity contribution in [1.29, 1.82) is 0 Å². The molecule has 0 atom stereocenters. The maximum Gasteiger partial charge on any atom is 0.262 e. The number of nitrogens with zero attached hydrogens (tertiary/aromatic N) is 3. The van der Waals surface area contributed by atoms with Gasteiger partial charge in [-0.1, -0.05) is 11.6 Å². The lowest BCUT2D eigenvalue weighted by Gasteiger charge is -2.09. The largest absolute Gasteiger partial charge is 0.434 e. The average Bonchev–Trinajstić information content (AvgIpc) is 2.44. The van der Waals surface area contributed by atoms with Gasteiger partial charge in [-0.25, -0.2) is 9.97 Å². The zero-order chi connectivity index (χ0) is 13.2. The van der Waals surface area contributed by atoms with Crippen molar-refractivity contribution in [2.75, 3.05) is 5.73 Å². The second-order valence-corrected chi connectivity index (χ2v) is 4.20. The SMILES string of the molecule is Nc1nccnc1Oc1ccc(Cl)c2cccnc12. The minimum atomic E-state index is 0.224. The average molecular weight is 273 g/mol. The van der Waals surface area contributed by atoms with Gasteiger partial charge in [-0.15, -0.1) is 0 Å². The van der Waals surface area contributed by atoms with Crippen molar-refractivity contribution >= 4 is 28.3 Å². The van der Waals surface area contributed by atoms with Crippen LogP contribution in [0.15, 0.2) is 42.9 Å². The van der Waals surface area contributed by atoms with Crippen molar-refractivity contribution in [1.82, 2.24) is 15.0 Å². The number of rotatable bonds is 2. The molecule has 0 amide bonds. The summed E-state index contributed by atoms with van der Waals surface area (Å²) in [6.07, 6.45) is 4.68. The lowest BCUT2D eigenvalue weighted by Crippen LogP contribution is -1.97. The molecule has 0 radical (unpaired) electrons. The third-order valence-corrected chi connectivity index (χ3v) is 2.91. The number of hydrogen-bond acceptors (Lipinski definition) is 5. The number of hydrogen-bond donors (Lipinski definition) is 1. The fourth-order valence-corrected chi connectivity index (χ4v) is 1.93. The Labute approximate surface area is 114 Å². The van der Waals surface area contributed by atoms with Crippen LogP contribution in [-0.2, 0) is 0 Å². The highest BCUT2D eigenvalue weighted by Crippen LogP contribution is 2.32. The highest BCUT2D eigenvalue weighted by molar-refractivity contribution is 6.35. The van der Waals surface area contributed by atoms with Gasteiger partial charge in [-0.3, -0.25) is 4.98 Å². The van der Waals surface area contributed by atoms with Crippen LogP contribution in [0.2, 0.25) is 5.02 Å². The lowest BCUT2D eigenvalue weighted by molar-refractivity contribution is 0.467. The molecular weight excluding hydrogens is 264 g/mol. The first kappa shape index (κ1) is 11.7. The zero-order valence-corrected chi connectivity index (χ0v) is 10.5. The fraction of sp³-hybridized carbons (Fsp3) is 0. The highest BCUT2D eigenvalue weighted by Gasteiger charge is 2.10. The molecule has 2 N–H and O–H groups in total. The number of nitrogens with two attached hydrogens (primary N) is 1. The van der Waals surface area contributed by atoms with Crippen molar-refractivity contribution in [3.8, 4) is 11.6 Å². The normalized spacial score (nSPS) is 10.6. The fourth-order valence-electron chi connectivity index (χ4n) is 1.71. The van der Waals surface area contributed by atoms with Crippen LogP contribution < -0.4 is 10.5 Å². The number of ether oxygens (including phenoxy) is 1. The Kier molecular flexibility index (Phi) is 2.89. The maximum atomic E-state index is 6.12. The van der Waals surface area contributed by atoms with Crippen LogP contribution in [0.25, 0.3) is 10.9 Å². The van der Waals surface area contributed by atoms with Gasteiger partial charge in [-0.05, 0) is 24.3 Å². The summed E-state index contributed by atoms with van der Waals surface area (Å²) >= 11 is 6.12. The number of benzene rings is 1. The highest BCUT2D eigenvalue weighted by atomic mass is 35.5. The number of nitrogen functional groups attached to an aromatic ring is 1. The van der Waals surface area contributed by atoms with E-state index in [1.165, 1.54) is 12.4 Å². The summed E-state index contributed by atoms with van der Waals surface area (Å²) in [5.74, 6) is 1.01. The molecule has 94 valence electrons. The van der Waals surface area contributed by atoms with Crippen LogP contribution in [0.5, 0.6) is 11.6 Å². The van der Waals surface area contributed by atoms with Gasteiger partial charge < -0.3 is 10.5 Å². The number of aromatic nitrogens is 3. The van der Waals surface area contributed by atoms with Gasteiger partial charge in [0.2, 0.25) is 0 Å². The van der Waals surface area contributed by atoms with Crippen LogP contribution >= 0.6 is 11.6 Å². The molecule has 19 heavy (non-hydrogen) atoms. The standard InChI is InChI=1S/C13H9ClN4O/c14-9-3-4-10(11-8(9)2-1-5-16-11)19-13-12(15)17-6-7-18-13/h1-7H,(H2,15,17). The quantitative estimate of drug-likeness (QED) is 0.776. The van der Waals surface area contributed by atoms with Gasteiger partial charge >= 0.3 is 0 Å². The van der Waals surface area contributed by atoms with Gasteiger partial charge in [0.05, 0.1) is 5.02 Å². The minimum Gasteiger partial charge on any atom is -0.434 e. The molecule has 3 rings (SSSR count). The Bertz CT molecular complexity index is 748. The van der Waals surface area contributed by atoms with E-state index in [4.69, 9.17) is 22.1 Å². The number of fused-ring (bicyclic) bond motifs is 1. The van der Waals surface area contributed by atoms with Crippen LogP contribution in [0.4, 0.5) is 5.82 Å². The molecule has 0 saturated heterocycles. The van der Waals surface area contributed by atoms with Crippen LogP contribution in [0.1, 0.15) is 0 Å². The third-order valence-electron chi connectivity index (χ3n) is 2.58. The van der Waals surface area contributed by atoms with Crippen molar-refractivity contribution in [2.45, 2.75) is 0 Å². The molecule has 1 aromatic carbocycles. The van der Waals surface area contributed by atoms with Crippen molar-refractivity contribution in [2.24, 2.45) is 0 Å². The van der Waals surface area contributed by atoms with E-state index in [1.807, 2.05) is 12.1 Å². The van der Waals surface area contributed by atoms with Gasteiger partial charge in [0.15, 0.2) is 11.6 Å². The molecule has 2 heterocycles. The van der Waals surface area contributed by atoms with E-state index >= 15 is 0 Å². The number of anilines is 1. The summed E-state index contributed by atoms with van der Waals surface area (Å²) in [6.45, 7) is 0. The predicted octanol–water partition coefficient (Wildman–Crippen LogP) is 3.05. The summed E-state index contributed by atoms with van der Waals surface area (Å²) < 4.78 is 5.66. The first-order valence-corrected chi connectivity index (χ1v) is 5.91. The Hall–Kier alpha value is -2.40. The van der Waals surface area contributed by atoms with Crippen LogP contribution in [0, 0.1) is 0 Å². The van der Waals surface area contributed by atoms with Crippen LogP contribution in [0.3, 0.4) is 0 Å². The van der Waals surface area contributed by atoms with Gasteiger partial charge in [0, 0.05) is 24.0 Å². The second-order valence-electron chi connectivity index (χ2n) is 3.79. The zero-order valence-electron chi connectivity index (χ0n) is 9.75. The van der Waals surface area contributed by atoms with Gasteiger partial charge in [0.1, 0.15) is 5.52 Å². The summed E-state index contributed by atoms with van der Waals surface area (Å²) in [5.41, 5.74) is 6.35. The van der Waals surface area contributed by atoms with E-state index in [1.54, 1.807) is 18.3 Å². The van der Waals surface area contributed by atoms with Crippen molar-refractivity contribution in [3.05, 3.63) is 47.9 Å². The van der Waals surface area contributed by atoms with Crippen LogP contribution in [-0.4, -0.2) is 15.0 Å². The van der Waals surface area contributed by atoms with E-state index in [2.05, 4.69) is 15.0 Å². The molecule has 0 aliphatic rings. The number of pyridine rings is 1. The Morgan fingerprint density at radius 1 is 1.00 bits per heavy atom.